The molecule has 1 fully saturated rings. The van der Waals surface area contributed by atoms with Gasteiger partial charge in [0.05, 0.1) is 13.3 Å². The van der Waals surface area contributed by atoms with Crippen LogP contribution in [0.2, 0.25) is 0 Å². The number of hydrogen-bond donors (Lipinski definition) is 1. The number of esters is 1. The third kappa shape index (κ3) is 1.43. The van der Waals surface area contributed by atoms with Gasteiger partial charge in [0.25, 0.3) is 0 Å². The molecule has 1 unspecified atom stereocenters. The Balaban J connectivity index is 2.33. The van der Waals surface area contributed by atoms with Crippen LogP contribution in [0.15, 0.2) is 6.20 Å². The minimum atomic E-state index is -1.08. The lowest BCUT2D eigenvalue weighted by molar-refractivity contribution is -0.152. The molecule has 0 spiro atoms. The van der Waals surface area contributed by atoms with Crippen LogP contribution in [0.4, 0.5) is 0 Å². The Morgan fingerprint density at radius 2 is 2.31 bits per heavy atom. The Hall–Kier alpha value is -1.36. The van der Waals surface area contributed by atoms with E-state index in [1.54, 1.807) is 10.9 Å². The van der Waals surface area contributed by atoms with Crippen molar-refractivity contribution in [2.75, 3.05) is 7.11 Å². The van der Waals surface area contributed by atoms with Crippen LogP contribution < -0.4 is 0 Å². The maximum absolute atomic E-state index is 11.4. The Bertz CT molecular complexity index is 421. The summed E-state index contributed by atoms with van der Waals surface area (Å²) >= 11 is 0. The van der Waals surface area contributed by atoms with Crippen molar-refractivity contribution in [1.82, 2.24) is 9.78 Å². The van der Waals surface area contributed by atoms with Gasteiger partial charge in [0.1, 0.15) is 0 Å². The first kappa shape index (κ1) is 11.1. The second kappa shape index (κ2) is 3.59. The number of ether oxygens (including phenoxy) is 1. The molecule has 1 aliphatic rings. The molecule has 5 nitrogen and oxygen atoms in total. The lowest BCUT2D eigenvalue weighted by Crippen LogP contribution is -2.35. The molecule has 1 atom stereocenters. The number of methoxy groups -OCH3 is 1. The summed E-state index contributed by atoms with van der Waals surface area (Å²) in [5.74, 6) is -0.569. The average Bonchev–Trinajstić information content (AvgIpc) is 3.02. The van der Waals surface area contributed by atoms with Crippen molar-refractivity contribution in [2.45, 2.75) is 31.3 Å². The zero-order chi connectivity index (χ0) is 11.9. The molecule has 1 saturated carbocycles. The zero-order valence-electron chi connectivity index (χ0n) is 9.73. The molecule has 16 heavy (non-hydrogen) atoms. The molecule has 1 aromatic heterocycles. The van der Waals surface area contributed by atoms with Crippen molar-refractivity contribution >= 4 is 5.97 Å². The number of aliphatic hydroxyl groups excluding tert-OH is 1. The van der Waals surface area contributed by atoms with E-state index in [4.69, 9.17) is 0 Å². The third-order valence-corrected chi connectivity index (χ3v) is 3.51. The number of nitrogens with zero attached hydrogens (tertiary/aromatic N) is 2. The van der Waals surface area contributed by atoms with E-state index in [2.05, 4.69) is 9.84 Å². The molecule has 1 N–H and O–H groups in total. The van der Waals surface area contributed by atoms with Crippen molar-refractivity contribution in [1.29, 1.82) is 0 Å². The van der Waals surface area contributed by atoms with Crippen LogP contribution in [-0.4, -0.2) is 34.1 Å². The first-order valence-corrected chi connectivity index (χ1v) is 5.28. The van der Waals surface area contributed by atoms with Gasteiger partial charge >= 0.3 is 5.97 Å². The SMILES string of the molecule is COC(=O)C(O)C1(c2cnn(C)c2C)CC1. The van der Waals surface area contributed by atoms with E-state index in [1.807, 2.05) is 14.0 Å². The smallest absolute Gasteiger partial charge is 0.335 e. The molecule has 0 aliphatic heterocycles. The fourth-order valence-electron chi connectivity index (χ4n) is 2.15. The second-order valence-electron chi connectivity index (χ2n) is 4.35. The summed E-state index contributed by atoms with van der Waals surface area (Å²) in [7, 11) is 3.14. The van der Waals surface area contributed by atoms with Gasteiger partial charge in [0, 0.05) is 23.7 Å². The zero-order valence-corrected chi connectivity index (χ0v) is 9.73. The number of carbonyl (C=O) groups is 1. The Labute approximate surface area is 94.0 Å². The van der Waals surface area contributed by atoms with Crippen molar-refractivity contribution in [3.63, 3.8) is 0 Å². The van der Waals surface area contributed by atoms with E-state index in [1.165, 1.54) is 7.11 Å². The highest BCUT2D eigenvalue weighted by Gasteiger charge is 2.55. The summed E-state index contributed by atoms with van der Waals surface area (Å²) < 4.78 is 6.34. The van der Waals surface area contributed by atoms with Crippen molar-refractivity contribution in [3.05, 3.63) is 17.5 Å². The van der Waals surface area contributed by atoms with Crippen LogP contribution in [0.5, 0.6) is 0 Å². The molecular weight excluding hydrogens is 208 g/mol. The number of carbonyl (C=O) groups excluding carboxylic acids is 1. The van der Waals surface area contributed by atoms with Crippen LogP contribution in [-0.2, 0) is 22.0 Å². The highest BCUT2D eigenvalue weighted by Crippen LogP contribution is 2.52. The largest absolute Gasteiger partial charge is 0.467 e. The Morgan fingerprint density at radius 3 is 2.69 bits per heavy atom. The molecular formula is C11H16N2O3. The van der Waals surface area contributed by atoms with Crippen LogP contribution >= 0.6 is 0 Å². The van der Waals surface area contributed by atoms with Crippen molar-refractivity contribution in [2.24, 2.45) is 7.05 Å². The van der Waals surface area contributed by atoms with Crippen molar-refractivity contribution in [3.8, 4) is 0 Å². The van der Waals surface area contributed by atoms with Crippen LogP contribution in [0.3, 0.4) is 0 Å². The molecule has 5 heteroatoms. The molecule has 0 bridgehead atoms. The molecule has 1 heterocycles. The van der Waals surface area contributed by atoms with Crippen molar-refractivity contribution < 1.29 is 14.6 Å². The number of aromatic nitrogens is 2. The van der Waals surface area contributed by atoms with Gasteiger partial charge in [-0.25, -0.2) is 4.79 Å². The third-order valence-electron chi connectivity index (χ3n) is 3.51. The maximum atomic E-state index is 11.4. The number of hydrogen-bond acceptors (Lipinski definition) is 4. The number of rotatable bonds is 3. The first-order valence-electron chi connectivity index (χ1n) is 5.28. The summed E-state index contributed by atoms with van der Waals surface area (Å²) in [4.78, 5) is 11.4. The van der Waals surface area contributed by atoms with Crippen LogP contribution in [0, 0.1) is 6.92 Å². The second-order valence-corrected chi connectivity index (χ2v) is 4.35. The monoisotopic (exact) mass is 224 g/mol. The van der Waals surface area contributed by atoms with Gasteiger partial charge in [0.2, 0.25) is 0 Å². The average molecular weight is 224 g/mol. The molecule has 0 aromatic carbocycles. The molecule has 88 valence electrons. The predicted octanol–water partition coefficient (Wildman–Crippen LogP) is 0.294. The topological polar surface area (TPSA) is 64.3 Å². The summed E-state index contributed by atoms with van der Waals surface area (Å²) in [6.45, 7) is 1.94. The Kier molecular flexibility index (Phi) is 2.50. The fourth-order valence-corrected chi connectivity index (χ4v) is 2.15. The first-order chi connectivity index (χ1) is 7.53. The van der Waals surface area contributed by atoms with E-state index in [9.17, 15) is 9.90 Å². The van der Waals surface area contributed by atoms with E-state index in [0.717, 1.165) is 24.1 Å². The lowest BCUT2D eigenvalue weighted by atomic mass is 9.90. The molecule has 1 aromatic rings. The van der Waals surface area contributed by atoms with E-state index in [0.29, 0.717) is 0 Å². The van der Waals surface area contributed by atoms with E-state index in [-0.39, 0.29) is 0 Å². The highest BCUT2D eigenvalue weighted by atomic mass is 16.5. The van der Waals surface area contributed by atoms with Gasteiger partial charge in [-0.2, -0.15) is 5.10 Å². The molecule has 0 amide bonds. The van der Waals surface area contributed by atoms with Gasteiger partial charge in [-0.3, -0.25) is 4.68 Å². The van der Waals surface area contributed by atoms with Gasteiger partial charge in [-0.05, 0) is 19.8 Å². The predicted molar refractivity (Wildman–Crippen MR) is 56.9 cm³/mol. The molecule has 2 rings (SSSR count). The lowest BCUT2D eigenvalue weighted by Gasteiger charge is -2.19. The van der Waals surface area contributed by atoms with Crippen LogP contribution in [0.25, 0.3) is 0 Å². The number of aryl methyl sites for hydroxylation is 1. The van der Waals surface area contributed by atoms with E-state index >= 15 is 0 Å². The summed E-state index contributed by atoms with van der Waals surface area (Å²) in [5, 5.41) is 14.1. The van der Waals surface area contributed by atoms with Crippen LogP contribution in [0.1, 0.15) is 24.1 Å². The molecule has 1 aliphatic carbocycles. The summed E-state index contributed by atoms with van der Waals surface area (Å²) in [6.07, 6.45) is 2.25. The summed E-state index contributed by atoms with van der Waals surface area (Å²) in [5.41, 5.74) is 1.47. The normalized spacial score (nSPS) is 19.2. The maximum Gasteiger partial charge on any atom is 0.335 e. The quantitative estimate of drug-likeness (QED) is 0.750. The minimum Gasteiger partial charge on any atom is -0.467 e. The highest BCUT2D eigenvalue weighted by molar-refractivity contribution is 5.77. The summed E-state index contributed by atoms with van der Waals surface area (Å²) in [6, 6.07) is 0. The minimum absolute atomic E-state index is 0.467. The molecule has 0 saturated heterocycles. The van der Waals surface area contributed by atoms with Gasteiger partial charge in [-0.1, -0.05) is 0 Å². The van der Waals surface area contributed by atoms with Gasteiger partial charge in [-0.15, -0.1) is 0 Å². The van der Waals surface area contributed by atoms with E-state index < -0.39 is 17.5 Å². The molecule has 0 radical (unpaired) electrons. The standard InChI is InChI=1S/C11H16N2O3/c1-7-8(6-12-13(7)2)11(4-5-11)9(14)10(15)16-3/h6,9,14H,4-5H2,1-3H3. The number of aliphatic hydroxyl groups is 1. The fraction of sp³-hybridized carbons (Fsp3) is 0.636. The Morgan fingerprint density at radius 1 is 1.69 bits per heavy atom. The van der Waals surface area contributed by atoms with Gasteiger partial charge < -0.3 is 9.84 Å². The van der Waals surface area contributed by atoms with Gasteiger partial charge in [0.15, 0.2) is 6.10 Å².